The zero-order valence-electron chi connectivity index (χ0n) is 17.6. The number of aromatic nitrogens is 2. The van der Waals surface area contributed by atoms with Crippen LogP contribution < -0.4 is 9.64 Å². The van der Waals surface area contributed by atoms with E-state index in [-0.39, 0.29) is 12.5 Å². The Morgan fingerprint density at radius 2 is 1.77 bits per heavy atom. The first-order valence-electron chi connectivity index (χ1n) is 10.1. The highest BCUT2D eigenvalue weighted by molar-refractivity contribution is 5.78. The molecule has 0 spiro atoms. The summed E-state index contributed by atoms with van der Waals surface area (Å²) >= 11 is 0. The van der Waals surface area contributed by atoms with E-state index >= 15 is 0 Å². The predicted octanol–water partition coefficient (Wildman–Crippen LogP) is 3.39. The maximum Gasteiger partial charge on any atom is 0.260 e. The van der Waals surface area contributed by atoms with Gasteiger partial charge in [-0.3, -0.25) is 4.79 Å². The van der Waals surface area contributed by atoms with Crippen LogP contribution in [0.1, 0.15) is 16.7 Å². The van der Waals surface area contributed by atoms with Crippen LogP contribution in [0.3, 0.4) is 0 Å². The molecule has 1 amide bonds. The van der Waals surface area contributed by atoms with Crippen molar-refractivity contribution in [3.05, 3.63) is 59.4 Å². The molecule has 1 fully saturated rings. The first-order valence-corrected chi connectivity index (χ1v) is 10.1. The highest BCUT2D eigenvalue weighted by Gasteiger charge is 2.23. The first-order chi connectivity index (χ1) is 14.5. The highest BCUT2D eigenvalue weighted by atomic mass is 16.5. The average molecular weight is 406 g/mol. The maximum atomic E-state index is 12.6. The van der Waals surface area contributed by atoms with Gasteiger partial charge in [-0.25, -0.2) is 0 Å². The standard InChI is InChI=1S/C23H26N4O3/c1-16-13-17(2)23(18(3)14-16)30-15-22(28)27-10-8-26(9-11-27)21-7-6-19(24-25-21)20-5-4-12-29-20/h4-7,12-14H,8-11,15H2,1-3H3. The van der Waals surface area contributed by atoms with E-state index < -0.39 is 0 Å². The van der Waals surface area contributed by atoms with E-state index in [4.69, 9.17) is 9.15 Å². The summed E-state index contributed by atoms with van der Waals surface area (Å²) in [5.74, 6) is 2.32. The average Bonchev–Trinajstić information content (AvgIpc) is 3.28. The molecule has 1 aliphatic rings. The molecule has 7 nitrogen and oxygen atoms in total. The summed E-state index contributed by atoms with van der Waals surface area (Å²) < 4.78 is 11.2. The third-order valence-corrected chi connectivity index (χ3v) is 5.33. The van der Waals surface area contributed by atoms with E-state index in [0.717, 1.165) is 22.7 Å². The Labute approximate surface area is 176 Å². The van der Waals surface area contributed by atoms with Crippen LogP contribution in [0.15, 0.2) is 47.1 Å². The highest BCUT2D eigenvalue weighted by Crippen LogP contribution is 2.25. The van der Waals surface area contributed by atoms with Crippen LogP contribution in [0.4, 0.5) is 5.82 Å². The fourth-order valence-corrected chi connectivity index (χ4v) is 3.85. The van der Waals surface area contributed by atoms with Gasteiger partial charge in [0.2, 0.25) is 0 Å². The quantitative estimate of drug-likeness (QED) is 0.647. The number of furan rings is 1. The van der Waals surface area contributed by atoms with Crippen molar-refractivity contribution in [2.24, 2.45) is 0 Å². The molecule has 2 aromatic heterocycles. The molecule has 0 unspecified atom stereocenters. The van der Waals surface area contributed by atoms with Gasteiger partial charge in [-0.2, -0.15) is 0 Å². The minimum absolute atomic E-state index is 0.00766. The molecule has 30 heavy (non-hydrogen) atoms. The van der Waals surface area contributed by atoms with Gasteiger partial charge in [-0.15, -0.1) is 10.2 Å². The van der Waals surface area contributed by atoms with Crippen molar-refractivity contribution in [1.82, 2.24) is 15.1 Å². The lowest BCUT2D eigenvalue weighted by atomic mass is 10.1. The van der Waals surface area contributed by atoms with Gasteiger partial charge in [0.15, 0.2) is 18.2 Å². The molecule has 0 aliphatic carbocycles. The SMILES string of the molecule is Cc1cc(C)c(OCC(=O)N2CCN(c3ccc(-c4ccco4)nn3)CC2)c(C)c1. The van der Waals surface area contributed by atoms with Crippen molar-refractivity contribution in [3.63, 3.8) is 0 Å². The van der Waals surface area contributed by atoms with Crippen LogP contribution in [0.25, 0.3) is 11.5 Å². The molecule has 0 atom stereocenters. The van der Waals surface area contributed by atoms with E-state index in [1.807, 2.05) is 43.0 Å². The van der Waals surface area contributed by atoms with E-state index in [9.17, 15) is 4.79 Å². The minimum Gasteiger partial charge on any atom is -0.483 e. The number of aryl methyl sites for hydroxylation is 3. The number of carbonyl (C=O) groups excluding carboxylic acids is 1. The maximum absolute atomic E-state index is 12.6. The third kappa shape index (κ3) is 4.30. The Kier molecular flexibility index (Phi) is 5.70. The summed E-state index contributed by atoms with van der Waals surface area (Å²) in [4.78, 5) is 16.6. The van der Waals surface area contributed by atoms with Gasteiger partial charge in [0, 0.05) is 26.2 Å². The molecule has 1 aliphatic heterocycles. The van der Waals surface area contributed by atoms with Crippen LogP contribution in [0.5, 0.6) is 5.75 Å². The second-order valence-electron chi connectivity index (χ2n) is 7.64. The second kappa shape index (κ2) is 8.57. The molecule has 0 saturated carbocycles. The van der Waals surface area contributed by atoms with E-state index in [1.165, 1.54) is 5.56 Å². The van der Waals surface area contributed by atoms with E-state index in [2.05, 4.69) is 34.2 Å². The predicted molar refractivity (Wildman–Crippen MR) is 115 cm³/mol. The van der Waals surface area contributed by atoms with Crippen molar-refractivity contribution < 1.29 is 13.9 Å². The fraction of sp³-hybridized carbons (Fsp3) is 0.348. The molecular weight excluding hydrogens is 380 g/mol. The van der Waals surface area contributed by atoms with Crippen LogP contribution in [0, 0.1) is 20.8 Å². The summed E-state index contributed by atoms with van der Waals surface area (Å²) in [5.41, 5.74) is 4.01. The number of amides is 1. The first kappa shape index (κ1) is 19.9. The topological polar surface area (TPSA) is 71.7 Å². The molecule has 0 radical (unpaired) electrons. The number of carbonyl (C=O) groups is 1. The van der Waals surface area contributed by atoms with E-state index in [1.54, 1.807) is 6.26 Å². The Balaban J connectivity index is 1.30. The van der Waals surface area contributed by atoms with Crippen LogP contribution >= 0.6 is 0 Å². The normalized spacial score (nSPS) is 14.1. The summed E-state index contributed by atoms with van der Waals surface area (Å²) in [5, 5.41) is 8.57. The zero-order valence-corrected chi connectivity index (χ0v) is 17.6. The number of piperazine rings is 1. The molecule has 0 bridgehead atoms. The Morgan fingerprint density at radius 1 is 1.03 bits per heavy atom. The lowest BCUT2D eigenvalue weighted by Crippen LogP contribution is -2.50. The number of rotatable bonds is 5. The molecule has 0 N–H and O–H groups in total. The summed E-state index contributed by atoms with van der Waals surface area (Å²) in [6, 6.07) is 11.7. The van der Waals surface area contributed by atoms with Crippen LogP contribution in [0.2, 0.25) is 0 Å². The van der Waals surface area contributed by atoms with Crippen LogP contribution in [-0.4, -0.2) is 53.8 Å². The van der Waals surface area contributed by atoms with Gasteiger partial charge in [0.05, 0.1) is 6.26 Å². The van der Waals surface area contributed by atoms with Gasteiger partial charge in [0.1, 0.15) is 11.4 Å². The Hall–Kier alpha value is -3.35. The van der Waals surface area contributed by atoms with Crippen molar-refractivity contribution in [2.45, 2.75) is 20.8 Å². The molecule has 4 rings (SSSR count). The summed E-state index contributed by atoms with van der Waals surface area (Å²) in [6.45, 7) is 8.83. The zero-order chi connectivity index (χ0) is 21.1. The van der Waals surface area contributed by atoms with E-state index in [0.29, 0.717) is 37.6 Å². The molecule has 7 heteroatoms. The molecule has 3 aromatic rings. The van der Waals surface area contributed by atoms with Crippen molar-refractivity contribution in [3.8, 4) is 17.2 Å². The van der Waals surface area contributed by atoms with Gasteiger partial charge < -0.3 is 19.0 Å². The van der Waals surface area contributed by atoms with Gasteiger partial charge in [-0.05, 0) is 56.2 Å². The van der Waals surface area contributed by atoms with Crippen LogP contribution in [-0.2, 0) is 4.79 Å². The Bertz CT molecular complexity index is 984. The number of hydrogen-bond acceptors (Lipinski definition) is 6. The molecule has 3 heterocycles. The summed E-state index contributed by atoms with van der Waals surface area (Å²) in [6.07, 6.45) is 1.62. The van der Waals surface area contributed by atoms with Gasteiger partial charge >= 0.3 is 0 Å². The lowest BCUT2D eigenvalue weighted by Gasteiger charge is -2.35. The van der Waals surface area contributed by atoms with Gasteiger partial charge in [0.25, 0.3) is 5.91 Å². The fourth-order valence-electron chi connectivity index (χ4n) is 3.85. The lowest BCUT2D eigenvalue weighted by molar-refractivity contribution is -0.133. The summed E-state index contributed by atoms with van der Waals surface area (Å²) in [7, 11) is 0. The minimum atomic E-state index is 0.00766. The smallest absolute Gasteiger partial charge is 0.260 e. The number of benzene rings is 1. The molecule has 1 aromatic carbocycles. The molecule has 156 valence electrons. The molecule has 1 saturated heterocycles. The third-order valence-electron chi connectivity index (χ3n) is 5.33. The Morgan fingerprint density at radius 3 is 2.37 bits per heavy atom. The van der Waals surface area contributed by atoms with Crippen molar-refractivity contribution in [2.75, 3.05) is 37.7 Å². The number of nitrogens with zero attached hydrogens (tertiary/aromatic N) is 4. The van der Waals surface area contributed by atoms with Gasteiger partial charge in [-0.1, -0.05) is 17.7 Å². The number of ether oxygens (including phenoxy) is 1. The monoisotopic (exact) mass is 406 g/mol. The van der Waals surface area contributed by atoms with Crippen molar-refractivity contribution in [1.29, 1.82) is 0 Å². The van der Waals surface area contributed by atoms with Crippen molar-refractivity contribution >= 4 is 11.7 Å². The second-order valence-corrected chi connectivity index (χ2v) is 7.64. The largest absolute Gasteiger partial charge is 0.483 e. The number of hydrogen-bond donors (Lipinski definition) is 0. The molecular formula is C23H26N4O3. The number of anilines is 1.